The van der Waals surface area contributed by atoms with Gasteiger partial charge in [0, 0.05) is 0 Å². The lowest BCUT2D eigenvalue weighted by Gasteiger charge is -2.30. The molecule has 0 aliphatic rings. The first-order chi connectivity index (χ1) is 7.41. The lowest BCUT2D eigenvalue weighted by Crippen LogP contribution is -2.37. The summed E-state index contributed by atoms with van der Waals surface area (Å²) in [6, 6.07) is 10.0. The third-order valence-corrected chi connectivity index (χ3v) is 2.82. The Hall–Kier alpha value is -0.860. The molecule has 90 valence electrons. The maximum Gasteiger partial charge on any atom is 0.0847 e. The summed E-state index contributed by atoms with van der Waals surface area (Å²) in [6.45, 7) is 5.80. The molecule has 1 aromatic carbocycles. The molecule has 0 fully saturated rings. The van der Waals surface area contributed by atoms with Gasteiger partial charge in [-0.1, -0.05) is 51.1 Å². The molecule has 1 rings (SSSR count). The Morgan fingerprint density at radius 1 is 1.06 bits per heavy atom. The second-order valence-electron chi connectivity index (χ2n) is 5.40. The highest BCUT2D eigenvalue weighted by molar-refractivity contribution is 5.14. The molecule has 0 aromatic heterocycles. The summed E-state index contributed by atoms with van der Waals surface area (Å²) in [7, 11) is 0. The van der Waals surface area contributed by atoms with Crippen LogP contribution < -0.4 is 0 Å². The SMILES string of the molecule is CC(C)(C)C(O)C(O)CCc1ccccc1. The highest BCUT2D eigenvalue weighted by Crippen LogP contribution is 2.23. The van der Waals surface area contributed by atoms with Crippen LogP contribution in [-0.4, -0.2) is 22.4 Å². The van der Waals surface area contributed by atoms with Crippen molar-refractivity contribution in [2.45, 2.75) is 45.8 Å². The van der Waals surface area contributed by atoms with Crippen molar-refractivity contribution < 1.29 is 10.2 Å². The standard InChI is InChI=1S/C14H22O2/c1-14(2,3)13(16)12(15)10-9-11-7-5-4-6-8-11/h4-8,12-13,15-16H,9-10H2,1-3H3. The van der Waals surface area contributed by atoms with E-state index >= 15 is 0 Å². The quantitative estimate of drug-likeness (QED) is 0.821. The Bertz CT molecular complexity index is 300. The van der Waals surface area contributed by atoms with E-state index in [1.54, 1.807) is 0 Å². The molecule has 0 radical (unpaired) electrons. The molecule has 0 saturated heterocycles. The van der Waals surface area contributed by atoms with Crippen LogP contribution >= 0.6 is 0 Å². The summed E-state index contributed by atoms with van der Waals surface area (Å²) in [4.78, 5) is 0. The molecule has 0 amide bonds. The normalized spacial score (nSPS) is 15.8. The van der Waals surface area contributed by atoms with Crippen LogP contribution in [0.3, 0.4) is 0 Å². The zero-order valence-corrected chi connectivity index (χ0v) is 10.4. The van der Waals surface area contributed by atoms with Gasteiger partial charge >= 0.3 is 0 Å². The van der Waals surface area contributed by atoms with Gasteiger partial charge in [-0.15, -0.1) is 0 Å². The summed E-state index contributed by atoms with van der Waals surface area (Å²) >= 11 is 0. The molecule has 0 bridgehead atoms. The van der Waals surface area contributed by atoms with Crippen LogP contribution in [0.4, 0.5) is 0 Å². The van der Waals surface area contributed by atoms with Crippen molar-refractivity contribution in [3.63, 3.8) is 0 Å². The molecule has 2 unspecified atom stereocenters. The fourth-order valence-electron chi connectivity index (χ4n) is 1.69. The maximum absolute atomic E-state index is 9.88. The highest BCUT2D eigenvalue weighted by atomic mass is 16.3. The zero-order valence-electron chi connectivity index (χ0n) is 10.4. The Kier molecular flexibility index (Phi) is 4.51. The van der Waals surface area contributed by atoms with E-state index in [4.69, 9.17) is 0 Å². The minimum absolute atomic E-state index is 0.268. The Labute approximate surface area is 97.9 Å². The highest BCUT2D eigenvalue weighted by Gasteiger charge is 2.28. The van der Waals surface area contributed by atoms with Crippen molar-refractivity contribution in [2.24, 2.45) is 5.41 Å². The molecule has 2 heteroatoms. The third-order valence-electron chi connectivity index (χ3n) is 2.82. The van der Waals surface area contributed by atoms with Gasteiger partial charge < -0.3 is 10.2 Å². The lowest BCUT2D eigenvalue weighted by atomic mass is 9.84. The topological polar surface area (TPSA) is 40.5 Å². The van der Waals surface area contributed by atoms with Gasteiger partial charge in [-0.05, 0) is 23.8 Å². The van der Waals surface area contributed by atoms with Gasteiger partial charge in [-0.3, -0.25) is 0 Å². The number of hydrogen-bond acceptors (Lipinski definition) is 2. The molecular formula is C14H22O2. The Morgan fingerprint density at radius 2 is 1.62 bits per heavy atom. The molecule has 0 saturated carbocycles. The van der Waals surface area contributed by atoms with Gasteiger partial charge in [0.2, 0.25) is 0 Å². The second-order valence-corrected chi connectivity index (χ2v) is 5.40. The minimum Gasteiger partial charge on any atom is -0.390 e. The van der Waals surface area contributed by atoms with Crippen molar-refractivity contribution in [1.29, 1.82) is 0 Å². The molecule has 0 heterocycles. The van der Waals surface area contributed by atoms with Crippen molar-refractivity contribution in [2.75, 3.05) is 0 Å². The molecular weight excluding hydrogens is 200 g/mol. The molecule has 2 nitrogen and oxygen atoms in total. The van der Waals surface area contributed by atoms with Gasteiger partial charge in [-0.25, -0.2) is 0 Å². The van der Waals surface area contributed by atoms with Gasteiger partial charge in [0.1, 0.15) is 0 Å². The summed E-state index contributed by atoms with van der Waals surface area (Å²) in [5.41, 5.74) is 0.929. The van der Waals surface area contributed by atoms with Crippen LogP contribution in [0, 0.1) is 5.41 Å². The van der Waals surface area contributed by atoms with Crippen molar-refractivity contribution in [3.05, 3.63) is 35.9 Å². The lowest BCUT2D eigenvalue weighted by molar-refractivity contribution is -0.0470. The largest absolute Gasteiger partial charge is 0.390 e. The second kappa shape index (κ2) is 5.46. The summed E-state index contributed by atoms with van der Waals surface area (Å²) < 4.78 is 0. The third kappa shape index (κ3) is 3.95. The van der Waals surface area contributed by atoms with Crippen LogP contribution in [0.5, 0.6) is 0 Å². The number of rotatable bonds is 4. The number of hydrogen-bond donors (Lipinski definition) is 2. The molecule has 1 aromatic rings. The van der Waals surface area contributed by atoms with E-state index in [1.165, 1.54) is 5.56 Å². The summed E-state index contributed by atoms with van der Waals surface area (Å²) in [5, 5.41) is 19.7. The monoisotopic (exact) mass is 222 g/mol. The van der Waals surface area contributed by atoms with Gasteiger partial charge in [0.15, 0.2) is 0 Å². The average Bonchev–Trinajstić information content (AvgIpc) is 2.25. The van der Waals surface area contributed by atoms with E-state index in [9.17, 15) is 10.2 Å². The van der Waals surface area contributed by atoms with Crippen LogP contribution in [0.15, 0.2) is 30.3 Å². The van der Waals surface area contributed by atoms with E-state index in [0.717, 1.165) is 6.42 Å². The first-order valence-electron chi connectivity index (χ1n) is 5.81. The Balaban J connectivity index is 2.44. The predicted octanol–water partition coefficient (Wildman–Crippen LogP) is 2.39. The summed E-state index contributed by atoms with van der Waals surface area (Å²) in [6.07, 6.45) is 0.0776. The zero-order chi connectivity index (χ0) is 12.2. The van der Waals surface area contributed by atoms with Gasteiger partial charge in [-0.2, -0.15) is 0 Å². The maximum atomic E-state index is 9.88. The predicted molar refractivity (Wildman–Crippen MR) is 66.2 cm³/mol. The van der Waals surface area contributed by atoms with Crippen LogP contribution in [0.2, 0.25) is 0 Å². The van der Waals surface area contributed by atoms with E-state index < -0.39 is 12.2 Å². The van der Waals surface area contributed by atoms with E-state index in [0.29, 0.717) is 6.42 Å². The number of aliphatic hydroxyl groups is 2. The van der Waals surface area contributed by atoms with Crippen molar-refractivity contribution >= 4 is 0 Å². The van der Waals surface area contributed by atoms with Crippen molar-refractivity contribution in [1.82, 2.24) is 0 Å². The average molecular weight is 222 g/mol. The minimum atomic E-state index is -0.670. The van der Waals surface area contributed by atoms with Crippen LogP contribution in [-0.2, 0) is 6.42 Å². The number of benzene rings is 1. The molecule has 0 spiro atoms. The number of aryl methyl sites for hydroxylation is 1. The first kappa shape index (κ1) is 13.2. The smallest absolute Gasteiger partial charge is 0.0847 e. The van der Waals surface area contributed by atoms with E-state index in [-0.39, 0.29) is 5.41 Å². The molecule has 16 heavy (non-hydrogen) atoms. The first-order valence-corrected chi connectivity index (χ1v) is 5.81. The molecule has 0 aliphatic carbocycles. The molecule has 2 atom stereocenters. The van der Waals surface area contributed by atoms with Crippen LogP contribution in [0.1, 0.15) is 32.8 Å². The van der Waals surface area contributed by atoms with Crippen LogP contribution in [0.25, 0.3) is 0 Å². The fourth-order valence-corrected chi connectivity index (χ4v) is 1.69. The number of aliphatic hydroxyl groups excluding tert-OH is 2. The molecule has 2 N–H and O–H groups in total. The van der Waals surface area contributed by atoms with E-state index in [2.05, 4.69) is 0 Å². The summed E-state index contributed by atoms with van der Waals surface area (Å²) in [5.74, 6) is 0. The Morgan fingerprint density at radius 3 is 2.12 bits per heavy atom. The van der Waals surface area contributed by atoms with E-state index in [1.807, 2.05) is 51.1 Å². The fraction of sp³-hybridized carbons (Fsp3) is 0.571. The van der Waals surface area contributed by atoms with Gasteiger partial charge in [0.05, 0.1) is 12.2 Å². The van der Waals surface area contributed by atoms with Crippen molar-refractivity contribution in [3.8, 4) is 0 Å². The van der Waals surface area contributed by atoms with Gasteiger partial charge in [0.25, 0.3) is 0 Å². The molecule has 0 aliphatic heterocycles.